The molecular formula is C11H13FO. The van der Waals surface area contributed by atoms with Crippen molar-refractivity contribution in [2.75, 3.05) is 0 Å². The largest absolute Gasteiger partial charge is 0.371 e. The van der Waals surface area contributed by atoms with E-state index < -0.39 is 0 Å². The molecule has 0 radical (unpaired) electrons. The maximum absolute atomic E-state index is 12.9. The van der Waals surface area contributed by atoms with Crippen LogP contribution in [0, 0.1) is 5.82 Å². The Bertz CT molecular complexity index is 298. The molecule has 1 aromatic carbocycles. The van der Waals surface area contributed by atoms with Crippen LogP contribution in [0.1, 0.15) is 31.4 Å². The lowest BCUT2D eigenvalue weighted by Gasteiger charge is -2.10. The van der Waals surface area contributed by atoms with Crippen LogP contribution in [0.15, 0.2) is 24.3 Å². The molecule has 0 spiro atoms. The van der Waals surface area contributed by atoms with Gasteiger partial charge < -0.3 is 4.74 Å². The zero-order chi connectivity index (χ0) is 9.26. The summed E-state index contributed by atoms with van der Waals surface area (Å²) < 4.78 is 18.5. The molecule has 0 aromatic heterocycles. The summed E-state index contributed by atoms with van der Waals surface area (Å²) in [5.74, 6) is -0.180. The van der Waals surface area contributed by atoms with E-state index in [1.54, 1.807) is 12.1 Å². The Morgan fingerprint density at radius 3 is 2.85 bits per heavy atom. The van der Waals surface area contributed by atoms with Gasteiger partial charge in [0.05, 0.1) is 12.2 Å². The fourth-order valence-corrected chi connectivity index (χ4v) is 1.75. The molecule has 2 heteroatoms. The van der Waals surface area contributed by atoms with Gasteiger partial charge in [-0.25, -0.2) is 4.39 Å². The number of hydrogen-bond donors (Lipinski definition) is 0. The van der Waals surface area contributed by atoms with Gasteiger partial charge in [-0.15, -0.1) is 0 Å². The van der Waals surface area contributed by atoms with E-state index in [4.69, 9.17) is 4.74 Å². The third kappa shape index (κ3) is 1.89. The lowest BCUT2D eigenvalue weighted by Crippen LogP contribution is -2.00. The number of rotatable bonds is 1. The summed E-state index contributed by atoms with van der Waals surface area (Å²) in [5.41, 5.74) is 0.962. The topological polar surface area (TPSA) is 9.23 Å². The van der Waals surface area contributed by atoms with Crippen LogP contribution >= 0.6 is 0 Å². The summed E-state index contributed by atoms with van der Waals surface area (Å²) in [7, 11) is 0. The van der Waals surface area contributed by atoms with Crippen LogP contribution in [0.25, 0.3) is 0 Å². The fraction of sp³-hybridized carbons (Fsp3) is 0.455. The highest BCUT2D eigenvalue weighted by molar-refractivity contribution is 5.19. The van der Waals surface area contributed by atoms with Gasteiger partial charge in [-0.05, 0) is 37.5 Å². The second-order valence-electron chi connectivity index (χ2n) is 3.57. The second kappa shape index (κ2) is 3.46. The molecule has 0 aliphatic carbocycles. The molecule has 0 amide bonds. The Morgan fingerprint density at radius 1 is 1.38 bits per heavy atom. The molecule has 0 saturated carbocycles. The van der Waals surface area contributed by atoms with Crippen molar-refractivity contribution >= 4 is 0 Å². The Balaban J connectivity index is 2.16. The van der Waals surface area contributed by atoms with Crippen LogP contribution in [-0.2, 0) is 4.74 Å². The number of benzene rings is 1. The summed E-state index contributed by atoms with van der Waals surface area (Å²) in [6, 6.07) is 6.67. The van der Waals surface area contributed by atoms with Crippen molar-refractivity contribution in [2.45, 2.75) is 32.0 Å². The Kier molecular flexibility index (Phi) is 2.32. The molecule has 0 N–H and O–H groups in total. The number of ether oxygens (including phenoxy) is 1. The van der Waals surface area contributed by atoms with E-state index in [0.29, 0.717) is 6.10 Å². The SMILES string of the molecule is C[C@H]1CC[C@H](c2cccc(F)c2)O1. The van der Waals surface area contributed by atoms with Crippen molar-refractivity contribution in [1.29, 1.82) is 0 Å². The van der Waals surface area contributed by atoms with Gasteiger partial charge in [0, 0.05) is 0 Å². The van der Waals surface area contributed by atoms with E-state index in [1.165, 1.54) is 6.07 Å². The average Bonchev–Trinajstić information content (AvgIpc) is 2.52. The van der Waals surface area contributed by atoms with Crippen molar-refractivity contribution in [3.63, 3.8) is 0 Å². The van der Waals surface area contributed by atoms with Crippen LogP contribution in [0.4, 0.5) is 4.39 Å². The maximum atomic E-state index is 12.9. The normalized spacial score (nSPS) is 27.8. The minimum Gasteiger partial charge on any atom is -0.371 e. The van der Waals surface area contributed by atoms with Crippen molar-refractivity contribution in [1.82, 2.24) is 0 Å². The first-order valence-corrected chi connectivity index (χ1v) is 4.66. The summed E-state index contributed by atoms with van der Waals surface area (Å²) in [6.45, 7) is 2.05. The van der Waals surface area contributed by atoms with Crippen molar-refractivity contribution in [3.8, 4) is 0 Å². The molecule has 0 unspecified atom stereocenters. The molecule has 1 aliphatic rings. The minimum atomic E-state index is -0.180. The summed E-state index contributed by atoms with van der Waals surface area (Å²) in [6.07, 6.45) is 2.49. The van der Waals surface area contributed by atoms with Crippen LogP contribution in [-0.4, -0.2) is 6.10 Å². The Labute approximate surface area is 77.5 Å². The van der Waals surface area contributed by atoms with Gasteiger partial charge >= 0.3 is 0 Å². The molecule has 1 fully saturated rings. The lowest BCUT2D eigenvalue weighted by atomic mass is 10.1. The summed E-state index contributed by atoms with van der Waals surface area (Å²) >= 11 is 0. The second-order valence-corrected chi connectivity index (χ2v) is 3.57. The van der Waals surface area contributed by atoms with E-state index in [9.17, 15) is 4.39 Å². The van der Waals surface area contributed by atoms with Gasteiger partial charge in [0.1, 0.15) is 5.82 Å². The van der Waals surface area contributed by atoms with Crippen LogP contribution in [0.3, 0.4) is 0 Å². The lowest BCUT2D eigenvalue weighted by molar-refractivity contribution is 0.0554. The monoisotopic (exact) mass is 180 g/mol. The van der Waals surface area contributed by atoms with E-state index in [2.05, 4.69) is 6.92 Å². The first-order chi connectivity index (χ1) is 6.25. The highest BCUT2D eigenvalue weighted by Gasteiger charge is 2.23. The van der Waals surface area contributed by atoms with Gasteiger partial charge in [0.25, 0.3) is 0 Å². The zero-order valence-corrected chi connectivity index (χ0v) is 7.66. The summed E-state index contributed by atoms with van der Waals surface area (Å²) in [5, 5.41) is 0. The molecule has 70 valence electrons. The van der Waals surface area contributed by atoms with Crippen LogP contribution in [0.5, 0.6) is 0 Å². The van der Waals surface area contributed by atoms with Crippen LogP contribution in [0.2, 0.25) is 0 Å². The molecule has 0 bridgehead atoms. The molecule has 2 atom stereocenters. The average molecular weight is 180 g/mol. The van der Waals surface area contributed by atoms with Crippen molar-refractivity contribution in [3.05, 3.63) is 35.6 Å². The molecular weight excluding hydrogens is 167 g/mol. The molecule has 1 heterocycles. The van der Waals surface area contributed by atoms with E-state index in [1.807, 2.05) is 6.07 Å². The first-order valence-electron chi connectivity index (χ1n) is 4.66. The zero-order valence-electron chi connectivity index (χ0n) is 7.66. The third-order valence-corrected chi connectivity index (χ3v) is 2.45. The smallest absolute Gasteiger partial charge is 0.123 e. The molecule has 1 aromatic rings. The predicted octanol–water partition coefficient (Wildman–Crippen LogP) is 3.07. The number of halogens is 1. The van der Waals surface area contributed by atoms with Gasteiger partial charge in [-0.1, -0.05) is 12.1 Å². The summed E-state index contributed by atoms with van der Waals surface area (Å²) in [4.78, 5) is 0. The highest BCUT2D eigenvalue weighted by atomic mass is 19.1. The highest BCUT2D eigenvalue weighted by Crippen LogP contribution is 2.32. The predicted molar refractivity (Wildman–Crippen MR) is 48.9 cm³/mol. The van der Waals surface area contributed by atoms with Crippen LogP contribution < -0.4 is 0 Å². The van der Waals surface area contributed by atoms with E-state index in [-0.39, 0.29) is 11.9 Å². The number of hydrogen-bond acceptors (Lipinski definition) is 1. The molecule has 1 saturated heterocycles. The van der Waals surface area contributed by atoms with Gasteiger partial charge in [-0.2, -0.15) is 0 Å². The molecule has 1 aliphatic heterocycles. The van der Waals surface area contributed by atoms with Crippen molar-refractivity contribution in [2.24, 2.45) is 0 Å². The van der Waals surface area contributed by atoms with Crippen molar-refractivity contribution < 1.29 is 9.13 Å². The van der Waals surface area contributed by atoms with Gasteiger partial charge in [0.2, 0.25) is 0 Å². The molecule has 2 rings (SSSR count). The maximum Gasteiger partial charge on any atom is 0.123 e. The Morgan fingerprint density at radius 2 is 2.23 bits per heavy atom. The Hall–Kier alpha value is -0.890. The van der Waals surface area contributed by atoms with E-state index >= 15 is 0 Å². The molecule has 1 nitrogen and oxygen atoms in total. The fourth-order valence-electron chi connectivity index (χ4n) is 1.75. The molecule has 13 heavy (non-hydrogen) atoms. The minimum absolute atomic E-state index is 0.102. The first kappa shape index (κ1) is 8.70. The quantitative estimate of drug-likeness (QED) is 0.645. The van der Waals surface area contributed by atoms with E-state index in [0.717, 1.165) is 18.4 Å². The van der Waals surface area contributed by atoms with Gasteiger partial charge in [-0.3, -0.25) is 0 Å². The van der Waals surface area contributed by atoms with Gasteiger partial charge in [0.15, 0.2) is 0 Å². The third-order valence-electron chi connectivity index (χ3n) is 2.45. The standard InChI is InChI=1S/C11H13FO/c1-8-5-6-11(13-8)9-3-2-4-10(12)7-9/h2-4,7-8,11H,5-6H2,1H3/t8-,11+/m0/s1.